The molecular formula is C20H37NO4. The molecule has 0 aliphatic carbocycles. The summed E-state index contributed by atoms with van der Waals surface area (Å²) < 4.78 is 10.7. The minimum Gasteiger partial charge on any atom is -0.462 e. The lowest BCUT2D eigenvalue weighted by Crippen LogP contribution is -2.45. The van der Waals surface area contributed by atoms with Gasteiger partial charge in [0.25, 0.3) is 0 Å². The molecule has 1 rings (SSSR count). The van der Waals surface area contributed by atoms with Crippen molar-refractivity contribution in [3.63, 3.8) is 0 Å². The summed E-state index contributed by atoms with van der Waals surface area (Å²) in [6.07, 6.45) is 3.68. The first-order chi connectivity index (χ1) is 11.4. The van der Waals surface area contributed by atoms with E-state index < -0.39 is 5.41 Å². The monoisotopic (exact) mass is 355 g/mol. The summed E-state index contributed by atoms with van der Waals surface area (Å²) in [5, 5.41) is 3.16. The second-order valence-electron chi connectivity index (χ2n) is 9.63. The Hall–Kier alpha value is -1.10. The number of ether oxygens (including phenoxy) is 2. The van der Waals surface area contributed by atoms with Crippen LogP contribution < -0.4 is 5.32 Å². The molecule has 2 atom stereocenters. The number of carbonyl (C=O) groups excluding carboxylic acids is 2. The average molecular weight is 356 g/mol. The summed E-state index contributed by atoms with van der Waals surface area (Å²) in [6, 6.07) is -0.217. The van der Waals surface area contributed by atoms with Gasteiger partial charge in [0.05, 0.1) is 5.41 Å². The predicted molar refractivity (Wildman–Crippen MR) is 99.2 cm³/mol. The molecule has 5 heteroatoms. The Kier molecular flexibility index (Phi) is 7.48. The topological polar surface area (TPSA) is 64.6 Å². The smallest absolute Gasteiger partial charge is 0.323 e. The van der Waals surface area contributed by atoms with Gasteiger partial charge in [0.2, 0.25) is 0 Å². The summed E-state index contributed by atoms with van der Waals surface area (Å²) in [4.78, 5) is 24.7. The second kappa shape index (κ2) is 8.52. The largest absolute Gasteiger partial charge is 0.462 e. The van der Waals surface area contributed by atoms with Gasteiger partial charge in [-0.25, -0.2) is 0 Å². The molecule has 0 radical (unpaired) electrons. The van der Waals surface area contributed by atoms with E-state index in [1.807, 2.05) is 6.92 Å². The van der Waals surface area contributed by atoms with E-state index in [0.717, 1.165) is 32.2 Å². The van der Waals surface area contributed by atoms with Gasteiger partial charge in [-0.2, -0.15) is 0 Å². The van der Waals surface area contributed by atoms with Crippen molar-refractivity contribution in [3.8, 4) is 0 Å². The van der Waals surface area contributed by atoms with Crippen molar-refractivity contribution in [1.29, 1.82) is 0 Å². The highest BCUT2D eigenvalue weighted by Gasteiger charge is 2.47. The van der Waals surface area contributed by atoms with E-state index in [2.05, 4.69) is 46.9 Å². The fourth-order valence-electron chi connectivity index (χ4n) is 3.29. The normalized spacial score (nSPS) is 21.3. The van der Waals surface area contributed by atoms with Gasteiger partial charge in [-0.15, -0.1) is 0 Å². The van der Waals surface area contributed by atoms with E-state index >= 15 is 0 Å². The SMILES string of the molecule is CC(C)(C)CC(C)(C(=O)OCCOC(=O)C1CCCCN1)C(C)(C)C. The van der Waals surface area contributed by atoms with Crippen LogP contribution in [-0.4, -0.2) is 37.7 Å². The first-order valence-electron chi connectivity index (χ1n) is 9.44. The number of hydrogen-bond donors (Lipinski definition) is 1. The maximum absolute atomic E-state index is 12.8. The van der Waals surface area contributed by atoms with Crippen molar-refractivity contribution in [3.05, 3.63) is 0 Å². The molecule has 0 aromatic rings. The fourth-order valence-corrected chi connectivity index (χ4v) is 3.29. The zero-order valence-corrected chi connectivity index (χ0v) is 17.2. The van der Waals surface area contributed by atoms with Crippen molar-refractivity contribution in [2.45, 2.75) is 80.2 Å². The molecule has 146 valence electrons. The third kappa shape index (κ3) is 6.61. The van der Waals surface area contributed by atoms with Gasteiger partial charge in [0, 0.05) is 0 Å². The molecule has 1 N–H and O–H groups in total. The molecular weight excluding hydrogens is 318 g/mol. The molecule has 0 saturated carbocycles. The molecule has 0 aromatic heterocycles. The molecule has 1 heterocycles. The van der Waals surface area contributed by atoms with Crippen LogP contribution in [0.2, 0.25) is 0 Å². The zero-order valence-electron chi connectivity index (χ0n) is 17.2. The highest BCUT2D eigenvalue weighted by molar-refractivity contribution is 5.77. The highest BCUT2D eigenvalue weighted by Crippen LogP contribution is 2.47. The summed E-state index contributed by atoms with van der Waals surface area (Å²) in [6.45, 7) is 15.6. The number of rotatable bonds is 6. The van der Waals surface area contributed by atoms with Crippen molar-refractivity contribution < 1.29 is 19.1 Å². The molecule has 1 aliphatic heterocycles. The molecule has 1 saturated heterocycles. The van der Waals surface area contributed by atoms with Crippen LogP contribution in [0.3, 0.4) is 0 Å². The first-order valence-corrected chi connectivity index (χ1v) is 9.44. The van der Waals surface area contributed by atoms with Crippen LogP contribution in [0.4, 0.5) is 0 Å². The van der Waals surface area contributed by atoms with E-state index in [1.54, 1.807) is 0 Å². The minimum atomic E-state index is -0.597. The number of esters is 2. The highest BCUT2D eigenvalue weighted by atomic mass is 16.6. The van der Waals surface area contributed by atoms with Crippen molar-refractivity contribution in [2.75, 3.05) is 19.8 Å². The van der Waals surface area contributed by atoms with Crippen LogP contribution in [-0.2, 0) is 19.1 Å². The molecule has 0 bridgehead atoms. The van der Waals surface area contributed by atoms with E-state index in [9.17, 15) is 9.59 Å². The van der Waals surface area contributed by atoms with Crippen molar-refractivity contribution in [1.82, 2.24) is 5.32 Å². The van der Waals surface area contributed by atoms with Crippen LogP contribution in [0.25, 0.3) is 0 Å². The molecule has 5 nitrogen and oxygen atoms in total. The lowest BCUT2D eigenvalue weighted by molar-refractivity contribution is -0.168. The summed E-state index contributed by atoms with van der Waals surface area (Å²) in [5.74, 6) is -0.467. The lowest BCUT2D eigenvalue weighted by Gasteiger charge is -2.43. The summed E-state index contributed by atoms with van der Waals surface area (Å²) >= 11 is 0. The molecule has 0 spiro atoms. The van der Waals surface area contributed by atoms with Crippen LogP contribution in [0, 0.1) is 16.2 Å². The van der Waals surface area contributed by atoms with Gasteiger partial charge >= 0.3 is 11.9 Å². The number of nitrogens with one attached hydrogen (secondary N) is 1. The van der Waals surface area contributed by atoms with E-state index in [1.165, 1.54) is 0 Å². The molecule has 25 heavy (non-hydrogen) atoms. The Morgan fingerprint density at radius 2 is 1.56 bits per heavy atom. The van der Waals surface area contributed by atoms with Gasteiger partial charge in [-0.3, -0.25) is 9.59 Å². The Labute approximate surface area is 153 Å². The second-order valence-corrected chi connectivity index (χ2v) is 9.63. The van der Waals surface area contributed by atoms with Gasteiger partial charge in [-0.1, -0.05) is 48.0 Å². The van der Waals surface area contributed by atoms with Crippen molar-refractivity contribution in [2.24, 2.45) is 16.2 Å². The molecule has 1 aliphatic rings. The minimum absolute atomic E-state index is 0.0141. The summed E-state index contributed by atoms with van der Waals surface area (Å²) in [7, 11) is 0. The van der Waals surface area contributed by atoms with Gasteiger partial charge < -0.3 is 14.8 Å². The molecule has 0 aromatic carbocycles. The van der Waals surface area contributed by atoms with Gasteiger partial charge in [0.1, 0.15) is 19.3 Å². The Bertz CT molecular complexity index is 455. The number of carbonyl (C=O) groups is 2. The van der Waals surface area contributed by atoms with Crippen LogP contribution in [0.5, 0.6) is 0 Å². The molecule has 0 amide bonds. The number of piperidine rings is 1. The first kappa shape index (κ1) is 21.9. The van der Waals surface area contributed by atoms with Gasteiger partial charge in [0.15, 0.2) is 0 Å². The average Bonchev–Trinajstić information content (AvgIpc) is 2.49. The van der Waals surface area contributed by atoms with Crippen LogP contribution >= 0.6 is 0 Å². The Morgan fingerprint density at radius 3 is 2.04 bits per heavy atom. The van der Waals surface area contributed by atoms with E-state index in [0.29, 0.717) is 0 Å². The number of hydrogen-bond acceptors (Lipinski definition) is 5. The quantitative estimate of drug-likeness (QED) is 0.581. The third-order valence-electron chi connectivity index (χ3n) is 5.15. The van der Waals surface area contributed by atoms with E-state index in [4.69, 9.17) is 9.47 Å². The van der Waals surface area contributed by atoms with Crippen LogP contribution in [0.1, 0.15) is 74.1 Å². The fraction of sp³-hybridized carbons (Fsp3) is 0.900. The van der Waals surface area contributed by atoms with Gasteiger partial charge in [-0.05, 0) is 43.6 Å². The van der Waals surface area contributed by atoms with Crippen molar-refractivity contribution >= 4 is 11.9 Å². The zero-order chi connectivity index (χ0) is 19.3. The maximum Gasteiger partial charge on any atom is 0.323 e. The Morgan fingerprint density at radius 1 is 0.960 bits per heavy atom. The predicted octanol–water partition coefficient (Wildman–Crippen LogP) is 3.70. The maximum atomic E-state index is 12.8. The van der Waals surface area contributed by atoms with E-state index in [-0.39, 0.29) is 42.0 Å². The third-order valence-corrected chi connectivity index (χ3v) is 5.15. The summed E-state index contributed by atoms with van der Waals surface area (Å²) in [5.41, 5.74) is -0.805. The Balaban J connectivity index is 2.50. The van der Waals surface area contributed by atoms with Crippen LogP contribution in [0.15, 0.2) is 0 Å². The molecule has 2 unspecified atom stereocenters. The standard InChI is InChI=1S/C20H37NO4/c1-18(2,3)14-20(7,19(4,5)6)17(23)25-13-12-24-16(22)15-10-8-9-11-21-15/h15,21H,8-14H2,1-7H3. The lowest BCUT2D eigenvalue weighted by atomic mass is 9.61. The molecule has 1 fully saturated rings.